The van der Waals surface area contributed by atoms with Crippen molar-refractivity contribution in [2.24, 2.45) is 0 Å². The number of benzene rings is 2. The highest BCUT2D eigenvalue weighted by atomic mass is 16.5. The lowest BCUT2D eigenvalue weighted by Gasteiger charge is -2.09. The molecule has 2 N–H and O–H groups in total. The van der Waals surface area contributed by atoms with Crippen molar-refractivity contribution in [3.8, 4) is 5.75 Å². The Bertz CT molecular complexity index is 1100. The number of nitrogens with zero attached hydrogens (tertiary/aromatic N) is 2. The fourth-order valence-electron chi connectivity index (χ4n) is 2.63. The lowest BCUT2D eigenvalue weighted by Crippen LogP contribution is -2.03. The number of aromatic nitrogens is 3. The quantitative estimate of drug-likeness (QED) is 0.336. The number of ether oxygens (including phenoxy) is 1. The summed E-state index contributed by atoms with van der Waals surface area (Å²) < 4.78 is 5.13. The summed E-state index contributed by atoms with van der Waals surface area (Å²) in [6.45, 7) is 3.39. The molecule has 0 radical (unpaired) electrons. The first kappa shape index (κ1) is 14.9. The highest BCUT2D eigenvalue weighted by Gasteiger charge is 2.08. The van der Waals surface area contributed by atoms with Crippen molar-refractivity contribution in [2.75, 3.05) is 5.32 Å². The third-order valence-electron chi connectivity index (χ3n) is 3.81. The van der Waals surface area contributed by atoms with Crippen LogP contribution in [0.5, 0.6) is 5.75 Å². The van der Waals surface area contributed by atoms with E-state index in [1.165, 1.54) is 6.33 Å². The molecule has 0 amide bonds. The van der Waals surface area contributed by atoms with Gasteiger partial charge in [-0.2, -0.15) is 0 Å². The molecule has 0 spiro atoms. The molecule has 6 heteroatoms. The van der Waals surface area contributed by atoms with Gasteiger partial charge in [0.1, 0.15) is 17.9 Å². The van der Waals surface area contributed by atoms with Crippen LogP contribution < -0.4 is 10.1 Å². The van der Waals surface area contributed by atoms with Crippen LogP contribution in [0.4, 0.5) is 11.5 Å². The molecule has 25 heavy (non-hydrogen) atoms. The van der Waals surface area contributed by atoms with Crippen LogP contribution in [0.2, 0.25) is 0 Å². The number of rotatable bonds is 4. The number of esters is 1. The number of carbonyl (C=O) groups excluding carboxylic acids is 1. The van der Waals surface area contributed by atoms with E-state index in [0.717, 1.165) is 28.1 Å². The number of fused-ring (bicyclic) bond motifs is 2. The molecule has 4 aromatic rings. The predicted octanol–water partition coefficient (Wildman–Crippen LogP) is 3.95. The van der Waals surface area contributed by atoms with Gasteiger partial charge in [0.2, 0.25) is 0 Å². The van der Waals surface area contributed by atoms with Gasteiger partial charge in [-0.1, -0.05) is 6.58 Å². The highest BCUT2D eigenvalue weighted by molar-refractivity contribution is 5.93. The van der Waals surface area contributed by atoms with E-state index in [4.69, 9.17) is 4.74 Å². The summed E-state index contributed by atoms with van der Waals surface area (Å²) in [5, 5.41) is 5.25. The Labute approximate surface area is 143 Å². The molecule has 0 unspecified atom stereocenters. The van der Waals surface area contributed by atoms with Crippen molar-refractivity contribution < 1.29 is 9.53 Å². The highest BCUT2D eigenvalue weighted by Crippen LogP contribution is 2.27. The number of carbonyl (C=O) groups is 1. The zero-order valence-electron chi connectivity index (χ0n) is 13.2. The standard InChI is InChI=1S/C19H14N4O2/c1-2-18(24)25-14-4-5-15-17(10-14)21-11-22-19(15)23-13-3-6-16-12(9-13)7-8-20-16/h2-11,20H,1H2,(H,21,22,23). The molecule has 2 heterocycles. The van der Waals surface area contributed by atoms with Gasteiger partial charge in [0, 0.05) is 40.3 Å². The first-order valence-electron chi connectivity index (χ1n) is 7.66. The first-order valence-corrected chi connectivity index (χ1v) is 7.66. The van der Waals surface area contributed by atoms with Crippen molar-refractivity contribution in [3.63, 3.8) is 0 Å². The number of hydrogen-bond acceptors (Lipinski definition) is 5. The Morgan fingerprint density at radius 1 is 1.16 bits per heavy atom. The first-order chi connectivity index (χ1) is 12.2. The topological polar surface area (TPSA) is 79.9 Å². The van der Waals surface area contributed by atoms with E-state index in [2.05, 4.69) is 26.8 Å². The minimum absolute atomic E-state index is 0.413. The van der Waals surface area contributed by atoms with Crippen LogP contribution in [0.1, 0.15) is 0 Å². The SMILES string of the molecule is C=CC(=O)Oc1ccc2c(Nc3ccc4[nH]ccc4c3)ncnc2c1. The number of anilines is 2. The minimum Gasteiger partial charge on any atom is -0.423 e. The molecule has 122 valence electrons. The molecule has 0 saturated carbocycles. The average molecular weight is 330 g/mol. The summed E-state index contributed by atoms with van der Waals surface area (Å²) in [5.41, 5.74) is 2.68. The lowest BCUT2D eigenvalue weighted by atomic mass is 10.2. The summed E-state index contributed by atoms with van der Waals surface area (Å²) in [5.74, 6) is 0.587. The summed E-state index contributed by atoms with van der Waals surface area (Å²) >= 11 is 0. The van der Waals surface area contributed by atoms with Crippen LogP contribution >= 0.6 is 0 Å². The summed E-state index contributed by atoms with van der Waals surface area (Å²) in [4.78, 5) is 23.1. The van der Waals surface area contributed by atoms with Crippen molar-refractivity contribution in [2.45, 2.75) is 0 Å². The van der Waals surface area contributed by atoms with E-state index in [1.54, 1.807) is 12.1 Å². The second kappa shape index (κ2) is 6.09. The fraction of sp³-hybridized carbons (Fsp3) is 0. The Morgan fingerprint density at radius 2 is 2.08 bits per heavy atom. The Balaban J connectivity index is 1.69. The van der Waals surface area contributed by atoms with Crippen LogP contribution in [-0.2, 0) is 4.79 Å². The van der Waals surface area contributed by atoms with Crippen LogP contribution in [0.3, 0.4) is 0 Å². The van der Waals surface area contributed by atoms with Gasteiger partial charge in [0.05, 0.1) is 5.52 Å². The number of nitrogens with one attached hydrogen (secondary N) is 2. The third-order valence-corrected chi connectivity index (χ3v) is 3.81. The van der Waals surface area contributed by atoms with Gasteiger partial charge < -0.3 is 15.0 Å². The van der Waals surface area contributed by atoms with Gasteiger partial charge >= 0.3 is 5.97 Å². The van der Waals surface area contributed by atoms with E-state index in [9.17, 15) is 4.79 Å². The zero-order valence-corrected chi connectivity index (χ0v) is 13.2. The summed E-state index contributed by atoms with van der Waals surface area (Å²) in [6.07, 6.45) is 4.49. The Kier molecular flexibility index (Phi) is 3.63. The second-order valence-corrected chi connectivity index (χ2v) is 5.43. The average Bonchev–Trinajstić information content (AvgIpc) is 3.09. The molecule has 6 nitrogen and oxygen atoms in total. The lowest BCUT2D eigenvalue weighted by molar-refractivity contribution is -0.128. The van der Waals surface area contributed by atoms with E-state index in [1.807, 2.05) is 36.5 Å². The van der Waals surface area contributed by atoms with E-state index in [-0.39, 0.29) is 0 Å². The van der Waals surface area contributed by atoms with E-state index >= 15 is 0 Å². The van der Waals surface area contributed by atoms with Crippen molar-refractivity contribution in [1.82, 2.24) is 15.0 Å². The molecule has 0 aliphatic rings. The summed E-state index contributed by atoms with van der Waals surface area (Å²) in [6, 6.07) is 13.3. The molecule has 4 rings (SSSR count). The zero-order chi connectivity index (χ0) is 17.2. The molecule has 0 bridgehead atoms. The maximum absolute atomic E-state index is 11.3. The molecule has 0 aliphatic heterocycles. The van der Waals surface area contributed by atoms with E-state index < -0.39 is 5.97 Å². The van der Waals surface area contributed by atoms with Crippen LogP contribution in [0.25, 0.3) is 21.8 Å². The van der Waals surface area contributed by atoms with Crippen LogP contribution in [0.15, 0.2) is 67.6 Å². The Morgan fingerprint density at radius 3 is 2.96 bits per heavy atom. The van der Waals surface area contributed by atoms with Crippen LogP contribution in [0, 0.1) is 0 Å². The van der Waals surface area contributed by atoms with Crippen molar-refractivity contribution in [3.05, 3.63) is 67.6 Å². The van der Waals surface area contributed by atoms with Gasteiger partial charge in [0.25, 0.3) is 0 Å². The maximum Gasteiger partial charge on any atom is 0.335 e. The van der Waals surface area contributed by atoms with Gasteiger partial charge in [-0.05, 0) is 36.4 Å². The number of aromatic amines is 1. The molecule has 0 atom stereocenters. The van der Waals surface area contributed by atoms with E-state index in [0.29, 0.717) is 17.1 Å². The monoisotopic (exact) mass is 330 g/mol. The Hall–Kier alpha value is -3.67. The minimum atomic E-state index is -0.508. The smallest absolute Gasteiger partial charge is 0.335 e. The predicted molar refractivity (Wildman–Crippen MR) is 97.0 cm³/mol. The molecule has 0 fully saturated rings. The van der Waals surface area contributed by atoms with Gasteiger partial charge in [-0.25, -0.2) is 14.8 Å². The molecular weight excluding hydrogens is 316 g/mol. The molecule has 0 aliphatic carbocycles. The molecule has 2 aromatic heterocycles. The van der Waals surface area contributed by atoms with Crippen LogP contribution in [-0.4, -0.2) is 20.9 Å². The number of hydrogen-bond donors (Lipinski definition) is 2. The molecule has 0 saturated heterocycles. The van der Waals surface area contributed by atoms with Gasteiger partial charge in [-0.15, -0.1) is 0 Å². The molecular formula is C19H14N4O2. The summed E-state index contributed by atoms with van der Waals surface area (Å²) in [7, 11) is 0. The van der Waals surface area contributed by atoms with Crippen molar-refractivity contribution >= 4 is 39.3 Å². The fourth-order valence-corrected chi connectivity index (χ4v) is 2.63. The largest absolute Gasteiger partial charge is 0.423 e. The molecule has 2 aromatic carbocycles. The third kappa shape index (κ3) is 2.92. The number of H-pyrrole nitrogens is 1. The van der Waals surface area contributed by atoms with Gasteiger partial charge in [0.15, 0.2) is 0 Å². The normalized spacial score (nSPS) is 10.7. The second-order valence-electron chi connectivity index (χ2n) is 5.43. The van der Waals surface area contributed by atoms with Gasteiger partial charge in [-0.3, -0.25) is 0 Å². The maximum atomic E-state index is 11.3. The van der Waals surface area contributed by atoms with Crippen molar-refractivity contribution in [1.29, 1.82) is 0 Å².